The number of hydrogen-bond donors (Lipinski definition) is 1. The number of aryl methyl sites for hydroxylation is 1. The molecular formula is C46H52ClN7O7. The first-order valence-corrected chi connectivity index (χ1v) is 21.7. The predicted molar refractivity (Wildman–Crippen MR) is 231 cm³/mol. The van der Waals surface area contributed by atoms with Crippen LogP contribution in [-0.2, 0) is 23.2 Å². The lowest BCUT2D eigenvalue weighted by molar-refractivity contribution is -0.136. The number of imide groups is 2. The fourth-order valence-electron chi connectivity index (χ4n) is 10.2. The Labute approximate surface area is 359 Å². The third kappa shape index (κ3) is 7.78. The summed E-state index contributed by atoms with van der Waals surface area (Å²) in [4.78, 5) is 75.9. The van der Waals surface area contributed by atoms with Crippen molar-refractivity contribution in [1.29, 1.82) is 0 Å². The zero-order chi connectivity index (χ0) is 42.7. The molecule has 1 atom stereocenters. The second kappa shape index (κ2) is 16.2. The Kier molecular flexibility index (Phi) is 10.9. The smallest absolute Gasteiger partial charge is 0.262 e. The second-order valence-corrected chi connectivity index (χ2v) is 18.3. The highest BCUT2D eigenvalue weighted by Gasteiger charge is 2.48. The van der Waals surface area contributed by atoms with Gasteiger partial charge in [-0.1, -0.05) is 11.6 Å². The van der Waals surface area contributed by atoms with Crippen LogP contribution in [0.3, 0.4) is 0 Å². The number of hydrogen-bond acceptors (Lipinski definition) is 11. The molecule has 2 aromatic heterocycles. The van der Waals surface area contributed by atoms with Crippen molar-refractivity contribution in [3.63, 3.8) is 0 Å². The molecule has 0 radical (unpaired) electrons. The Hall–Kier alpha value is -5.31. The van der Waals surface area contributed by atoms with Crippen LogP contribution in [0.2, 0.25) is 5.02 Å². The molecule has 15 heteroatoms. The lowest BCUT2D eigenvalue weighted by atomic mass is 9.61. The number of likely N-dealkylation sites (tertiary alicyclic amines) is 2. The van der Waals surface area contributed by atoms with E-state index in [-0.39, 0.29) is 41.0 Å². The molecule has 1 spiro atoms. The van der Waals surface area contributed by atoms with E-state index in [0.717, 1.165) is 110 Å². The van der Waals surface area contributed by atoms with Crippen molar-refractivity contribution in [2.45, 2.75) is 70.1 Å². The van der Waals surface area contributed by atoms with Gasteiger partial charge in [0.2, 0.25) is 11.8 Å². The molecule has 14 nitrogen and oxygen atoms in total. The second-order valence-electron chi connectivity index (χ2n) is 17.9. The van der Waals surface area contributed by atoms with Gasteiger partial charge in [-0.25, -0.2) is 4.98 Å². The molecule has 1 N–H and O–H groups in total. The van der Waals surface area contributed by atoms with Gasteiger partial charge in [0.25, 0.3) is 17.4 Å². The van der Waals surface area contributed by atoms with Gasteiger partial charge in [0.15, 0.2) is 0 Å². The lowest BCUT2D eigenvalue weighted by Crippen LogP contribution is -2.54. The van der Waals surface area contributed by atoms with Crippen molar-refractivity contribution in [2.24, 2.45) is 18.4 Å². The third-order valence-corrected chi connectivity index (χ3v) is 14.1. The number of rotatable bonds is 10. The lowest BCUT2D eigenvalue weighted by Gasteiger charge is -2.52. The number of pyridine rings is 2. The van der Waals surface area contributed by atoms with Gasteiger partial charge in [-0.2, -0.15) is 0 Å². The van der Waals surface area contributed by atoms with Crippen LogP contribution in [0.4, 0.5) is 5.82 Å². The summed E-state index contributed by atoms with van der Waals surface area (Å²) >= 11 is 7.05. The molecule has 61 heavy (non-hydrogen) atoms. The summed E-state index contributed by atoms with van der Waals surface area (Å²) in [6.07, 6.45) is 10.2. The molecule has 1 aliphatic carbocycles. The fraction of sp³-hybridized carbons (Fsp3) is 0.478. The minimum atomic E-state index is -0.988. The van der Waals surface area contributed by atoms with Crippen LogP contribution in [0.1, 0.15) is 77.6 Å². The number of methoxy groups -OCH3 is 1. The summed E-state index contributed by atoms with van der Waals surface area (Å²) in [5.74, 6) is 0.641. The van der Waals surface area contributed by atoms with E-state index in [1.165, 1.54) is 0 Å². The molecule has 6 heterocycles. The van der Waals surface area contributed by atoms with Crippen LogP contribution >= 0.6 is 11.6 Å². The normalized spacial score (nSPS) is 21.2. The molecule has 0 bridgehead atoms. The molecule has 1 saturated carbocycles. The summed E-state index contributed by atoms with van der Waals surface area (Å²) in [6, 6.07) is 9.94. The number of piperidine rings is 3. The maximum Gasteiger partial charge on any atom is 0.262 e. The van der Waals surface area contributed by atoms with Crippen LogP contribution in [0.5, 0.6) is 11.5 Å². The summed E-state index contributed by atoms with van der Waals surface area (Å²) < 4.78 is 13.9. The van der Waals surface area contributed by atoms with Gasteiger partial charge in [0.05, 0.1) is 29.7 Å². The number of halogens is 1. The van der Waals surface area contributed by atoms with Crippen LogP contribution in [0.25, 0.3) is 21.9 Å². The monoisotopic (exact) mass is 849 g/mol. The van der Waals surface area contributed by atoms with Crippen molar-refractivity contribution in [2.75, 3.05) is 58.8 Å². The van der Waals surface area contributed by atoms with Crippen molar-refractivity contribution in [1.82, 2.24) is 29.6 Å². The summed E-state index contributed by atoms with van der Waals surface area (Å²) in [5.41, 5.74) is 3.41. The van der Waals surface area contributed by atoms with Gasteiger partial charge in [-0.3, -0.25) is 39.1 Å². The van der Waals surface area contributed by atoms with E-state index in [0.29, 0.717) is 28.6 Å². The molecule has 4 fully saturated rings. The van der Waals surface area contributed by atoms with Crippen LogP contribution in [0, 0.1) is 11.3 Å². The van der Waals surface area contributed by atoms with Crippen LogP contribution < -0.4 is 25.2 Å². The third-order valence-electron chi connectivity index (χ3n) is 13.8. The molecule has 4 aliphatic heterocycles. The Morgan fingerprint density at radius 1 is 0.885 bits per heavy atom. The van der Waals surface area contributed by atoms with Gasteiger partial charge in [0.1, 0.15) is 23.4 Å². The Balaban J connectivity index is 0.753. The van der Waals surface area contributed by atoms with Gasteiger partial charge in [-0.15, -0.1) is 0 Å². The predicted octanol–water partition coefficient (Wildman–Crippen LogP) is 5.27. The van der Waals surface area contributed by atoms with Crippen molar-refractivity contribution in [3.05, 3.63) is 80.9 Å². The van der Waals surface area contributed by atoms with Crippen molar-refractivity contribution >= 4 is 51.8 Å². The number of anilines is 1. The van der Waals surface area contributed by atoms with E-state index in [4.69, 9.17) is 21.1 Å². The first kappa shape index (κ1) is 41.1. The standard InChI is InChI=1S/C46H52ClN7O7/c1-50(2)40-20-32-34(23-48-40)43(57)51(3)25-35(32)28-17-37(47)36(39(18-28)60-4)26-52-13-9-27(10-14-52)24-53-15-11-46(12-16-53)21-30(22-46)61-29-5-6-31-33(19-29)45(59)54(44(31)58)38-7-8-41(55)49-42(38)56/h5-6,17-20,23,25,27,30,38H,7-16,21-22,24,26H2,1-4H3,(H,49,55,56). The molecule has 320 valence electrons. The first-order chi connectivity index (χ1) is 29.3. The summed E-state index contributed by atoms with van der Waals surface area (Å²) in [5, 5.41) is 4.25. The van der Waals surface area contributed by atoms with Crippen molar-refractivity contribution in [3.8, 4) is 22.6 Å². The number of carbonyl (C=O) groups is 4. The Morgan fingerprint density at radius 3 is 2.33 bits per heavy atom. The van der Waals surface area contributed by atoms with E-state index in [9.17, 15) is 24.0 Å². The minimum Gasteiger partial charge on any atom is -0.496 e. The minimum absolute atomic E-state index is 0.0537. The molecule has 5 aliphatic rings. The quantitative estimate of drug-likeness (QED) is 0.209. The first-order valence-electron chi connectivity index (χ1n) is 21.3. The average Bonchev–Trinajstić information content (AvgIpc) is 3.48. The molecule has 4 amide bonds. The van der Waals surface area contributed by atoms with Gasteiger partial charge >= 0.3 is 0 Å². The van der Waals surface area contributed by atoms with Crippen molar-refractivity contribution < 1.29 is 28.7 Å². The maximum atomic E-state index is 13.3. The van der Waals surface area contributed by atoms with E-state index in [2.05, 4.69) is 20.1 Å². The fourth-order valence-corrected chi connectivity index (χ4v) is 10.4. The Morgan fingerprint density at radius 2 is 1.62 bits per heavy atom. The van der Waals surface area contributed by atoms with E-state index < -0.39 is 29.7 Å². The molecule has 9 rings (SSSR count). The molecule has 3 saturated heterocycles. The molecular weight excluding hydrogens is 798 g/mol. The average molecular weight is 850 g/mol. The van der Waals surface area contributed by atoms with E-state index in [1.54, 1.807) is 43.1 Å². The van der Waals surface area contributed by atoms with Crippen LogP contribution in [0.15, 0.2) is 53.6 Å². The zero-order valence-electron chi connectivity index (χ0n) is 35.2. The summed E-state index contributed by atoms with van der Waals surface area (Å²) in [7, 11) is 7.29. The number of nitrogens with one attached hydrogen (secondary N) is 1. The van der Waals surface area contributed by atoms with E-state index in [1.807, 2.05) is 43.4 Å². The maximum absolute atomic E-state index is 13.3. The Bertz CT molecular complexity index is 2500. The highest BCUT2D eigenvalue weighted by Crippen LogP contribution is 2.51. The SMILES string of the molecule is COc1cc(-c2cn(C)c(=O)c3cnc(N(C)C)cc23)cc(Cl)c1CN1CCC(CN2CCC3(CC2)CC(Oc2ccc4c(c2)C(=O)N(C2CCC(=O)NC2=O)C4=O)C3)CC1. The zero-order valence-corrected chi connectivity index (χ0v) is 35.9. The van der Waals surface area contributed by atoms with Gasteiger partial charge < -0.3 is 23.8 Å². The molecule has 4 aromatic rings. The number of benzene rings is 2. The van der Waals surface area contributed by atoms with Gasteiger partial charge in [-0.05, 0) is 124 Å². The number of fused-ring (bicyclic) bond motifs is 2. The topological polar surface area (TPSA) is 147 Å². The van der Waals surface area contributed by atoms with Crippen LogP contribution in [-0.4, -0.2) is 114 Å². The number of amides is 4. The van der Waals surface area contributed by atoms with Gasteiger partial charge in [0, 0.05) is 74.6 Å². The highest BCUT2D eigenvalue weighted by molar-refractivity contribution is 6.32. The number of ether oxygens (including phenoxy) is 2. The molecule has 1 unspecified atom stereocenters. The largest absolute Gasteiger partial charge is 0.496 e. The number of carbonyl (C=O) groups excluding carboxylic acids is 4. The van der Waals surface area contributed by atoms with E-state index >= 15 is 0 Å². The number of nitrogens with zero attached hydrogens (tertiary/aromatic N) is 6. The summed E-state index contributed by atoms with van der Waals surface area (Å²) in [6.45, 7) is 5.95. The highest BCUT2D eigenvalue weighted by atomic mass is 35.5. The number of aromatic nitrogens is 2. The molecule has 2 aromatic carbocycles.